The van der Waals surface area contributed by atoms with Gasteiger partial charge in [-0.2, -0.15) is 15.3 Å². The molecule has 4 aromatic rings. The molecule has 1 N–H and O–H groups in total. The molecule has 10 heteroatoms. The summed E-state index contributed by atoms with van der Waals surface area (Å²) in [5, 5.41) is 21.7. The van der Waals surface area contributed by atoms with Gasteiger partial charge in [0.15, 0.2) is 5.65 Å². The Morgan fingerprint density at radius 2 is 2.13 bits per heavy atom. The van der Waals surface area contributed by atoms with E-state index in [1.54, 1.807) is 29.3 Å². The van der Waals surface area contributed by atoms with Gasteiger partial charge in [-0.1, -0.05) is 18.2 Å². The Labute approximate surface area is 171 Å². The summed E-state index contributed by atoms with van der Waals surface area (Å²) in [5.74, 6) is 0.639. The molecule has 0 aliphatic heterocycles. The lowest BCUT2D eigenvalue weighted by atomic mass is 10.1. The molecular formula is C20H19FN8O. The van der Waals surface area contributed by atoms with Crippen LogP contribution in [0.2, 0.25) is 0 Å². The number of halogens is 1. The van der Waals surface area contributed by atoms with Crippen LogP contribution in [-0.2, 0) is 13.1 Å². The number of hydrogen-bond donors (Lipinski definition) is 1. The van der Waals surface area contributed by atoms with Gasteiger partial charge in [-0.15, -0.1) is 5.10 Å². The first-order chi connectivity index (χ1) is 14.6. The van der Waals surface area contributed by atoms with E-state index >= 15 is 0 Å². The van der Waals surface area contributed by atoms with E-state index in [4.69, 9.17) is 4.74 Å². The Morgan fingerprint density at radius 1 is 1.30 bits per heavy atom. The van der Waals surface area contributed by atoms with E-state index in [9.17, 15) is 9.65 Å². The van der Waals surface area contributed by atoms with Crippen molar-refractivity contribution >= 4 is 22.7 Å². The minimum absolute atomic E-state index is 0.114. The molecular weight excluding hydrogens is 387 g/mol. The van der Waals surface area contributed by atoms with Crippen LogP contribution in [0.3, 0.4) is 0 Å². The van der Waals surface area contributed by atoms with E-state index in [0.717, 1.165) is 10.9 Å². The van der Waals surface area contributed by atoms with Crippen LogP contribution >= 0.6 is 0 Å². The number of nitrogens with one attached hydrogen (secondary N) is 1. The molecule has 0 amide bonds. The molecule has 9 nitrogen and oxygen atoms in total. The highest BCUT2D eigenvalue weighted by Crippen LogP contribution is 2.25. The fourth-order valence-electron chi connectivity index (χ4n) is 3.08. The molecule has 1 atom stereocenters. The van der Waals surface area contributed by atoms with Crippen molar-refractivity contribution in [1.29, 1.82) is 5.26 Å². The van der Waals surface area contributed by atoms with Crippen LogP contribution in [0.25, 0.3) is 11.0 Å². The van der Waals surface area contributed by atoms with Gasteiger partial charge in [0.05, 0.1) is 49.6 Å². The molecule has 1 unspecified atom stereocenters. The Kier molecular flexibility index (Phi) is 5.26. The van der Waals surface area contributed by atoms with Crippen molar-refractivity contribution in [2.45, 2.75) is 26.2 Å². The highest BCUT2D eigenvalue weighted by Gasteiger charge is 2.14. The Balaban J connectivity index is 1.63. The van der Waals surface area contributed by atoms with E-state index in [1.807, 2.05) is 18.2 Å². The molecule has 0 spiro atoms. The SMILES string of the molecule is COc1nn(CC(C)F)cc1Nc1ncc2cnn(Cc3ccccc3C#N)c2n1. The number of anilines is 2. The molecule has 0 fully saturated rings. The summed E-state index contributed by atoms with van der Waals surface area (Å²) >= 11 is 0. The van der Waals surface area contributed by atoms with Gasteiger partial charge in [-0.25, -0.2) is 14.1 Å². The number of rotatable bonds is 7. The smallest absolute Gasteiger partial charge is 0.256 e. The van der Waals surface area contributed by atoms with Crippen molar-refractivity contribution in [2.75, 3.05) is 12.4 Å². The normalized spacial score (nSPS) is 11.9. The van der Waals surface area contributed by atoms with Gasteiger partial charge in [0.2, 0.25) is 5.95 Å². The third-order valence-electron chi connectivity index (χ3n) is 4.44. The fourth-order valence-corrected chi connectivity index (χ4v) is 3.08. The lowest BCUT2D eigenvalue weighted by molar-refractivity contribution is 0.303. The third-order valence-corrected chi connectivity index (χ3v) is 4.44. The molecule has 4 rings (SSSR count). The van der Waals surface area contributed by atoms with Crippen LogP contribution in [-0.4, -0.2) is 42.8 Å². The summed E-state index contributed by atoms with van der Waals surface area (Å²) in [4.78, 5) is 8.86. The summed E-state index contributed by atoms with van der Waals surface area (Å²) in [5.41, 5.74) is 2.58. The van der Waals surface area contributed by atoms with Gasteiger partial charge in [0.25, 0.3) is 5.88 Å². The molecule has 0 saturated heterocycles. The molecule has 0 aliphatic rings. The van der Waals surface area contributed by atoms with Gasteiger partial charge < -0.3 is 10.1 Å². The molecule has 0 saturated carbocycles. The number of fused-ring (bicyclic) bond motifs is 1. The second-order valence-corrected chi connectivity index (χ2v) is 6.72. The highest BCUT2D eigenvalue weighted by atomic mass is 19.1. The van der Waals surface area contributed by atoms with Crippen molar-refractivity contribution in [3.8, 4) is 11.9 Å². The average molecular weight is 406 g/mol. The maximum absolute atomic E-state index is 13.3. The second kappa shape index (κ2) is 8.16. The van der Waals surface area contributed by atoms with Crippen molar-refractivity contribution in [3.63, 3.8) is 0 Å². The van der Waals surface area contributed by atoms with E-state index in [0.29, 0.717) is 35.3 Å². The molecule has 3 aromatic heterocycles. The summed E-state index contributed by atoms with van der Waals surface area (Å²) < 4.78 is 21.7. The molecule has 0 bridgehead atoms. The van der Waals surface area contributed by atoms with Crippen molar-refractivity contribution < 1.29 is 9.13 Å². The quantitative estimate of drug-likeness (QED) is 0.503. The minimum Gasteiger partial charge on any atom is -0.478 e. The van der Waals surface area contributed by atoms with E-state index in [1.165, 1.54) is 18.7 Å². The first-order valence-electron chi connectivity index (χ1n) is 9.26. The zero-order valence-electron chi connectivity index (χ0n) is 16.4. The van der Waals surface area contributed by atoms with Gasteiger partial charge >= 0.3 is 0 Å². The van der Waals surface area contributed by atoms with Gasteiger partial charge in [-0.05, 0) is 18.6 Å². The first-order valence-corrected chi connectivity index (χ1v) is 9.26. The number of methoxy groups -OCH3 is 1. The summed E-state index contributed by atoms with van der Waals surface area (Å²) in [6.45, 7) is 1.98. The first kappa shape index (κ1) is 19.3. The monoisotopic (exact) mass is 406 g/mol. The molecule has 3 heterocycles. The van der Waals surface area contributed by atoms with Crippen LogP contribution in [0.15, 0.2) is 42.9 Å². The number of ether oxygens (including phenoxy) is 1. The lowest BCUT2D eigenvalue weighted by Crippen LogP contribution is -2.08. The van der Waals surface area contributed by atoms with Crippen LogP contribution in [0.4, 0.5) is 16.0 Å². The average Bonchev–Trinajstić information content (AvgIpc) is 3.31. The van der Waals surface area contributed by atoms with Gasteiger partial charge in [-0.3, -0.25) is 4.68 Å². The Bertz CT molecular complexity index is 1220. The number of nitrogens with zero attached hydrogens (tertiary/aromatic N) is 7. The number of alkyl halides is 1. The largest absolute Gasteiger partial charge is 0.478 e. The fraction of sp³-hybridized carbons (Fsp3) is 0.250. The van der Waals surface area contributed by atoms with Crippen LogP contribution in [0.1, 0.15) is 18.1 Å². The maximum atomic E-state index is 13.3. The standard InChI is InChI=1S/C20H19FN8O/c1-13(21)10-28-12-17(19(27-28)30-2)25-20-23-8-16-9-24-29(18(16)26-20)11-15-6-4-3-5-14(15)7-22/h3-6,8-9,12-13H,10-11H2,1-2H3,(H,23,25,26). The molecule has 1 aromatic carbocycles. The Morgan fingerprint density at radius 3 is 2.90 bits per heavy atom. The summed E-state index contributed by atoms with van der Waals surface area (Å²) in [6, 6.07) is 9.55. The summed E-state index contributed by atoms with van der Waals surface area (Å²) in [6.07, 6.45) is 3.93. The number of aromatic nitrogens is 6. The van der Waals surface area contributed by atoms with E-state index in [-0.39, 0.29) is 6.54 Å². The number of hydrogen-bond acceptors (Lipinski definition) is 7. The topological polar surface area (TPSA) is 106 Å². The van der Waals surface area contributed by atoms with Crippen molar-refractivity contribution in [3.05, 3.63) is 54.0 Å². The Hall–Kier alpha value is -4.00. The van der Waals surface area contributed by atoms with Gasteiger partial charge in [0.1, 0.15) is 11.9 Å². The maximum Gasteiger partial charge on any atom is 0.256 e. The van der Waals surface area contributed by atoms with Crippen LogP contribution in [0, 0.1) is 11.3 Å². The molecule has 152 valence electrons. The van der Waals surface area contributed by atoms with Gasteiger partial charge in [0, 0.05) is 6.20 Å². The lowest BCUT2D eigenvalue weighted by Gasteiger charge is -2.07. The molecule has 30 heavy (non-hydrogen) atoms. The van der Waals surface area contributed by atoms with Crippen LogP contribution < -0.4 is 10.1 Å². The van der Waals surface area contributed by atoms with E-state index in [2.05, 4.69) is 31.6 Å². The van der Waals surface area contributed by atoms with Crippen molar-refractivity contribution in [1.82, 2.24) is 29.5 Å². The third kappa shape index (κ3) is 3.91. The minimum atomic E-state index is -1.04. The number of benzene rings is 1. The number of nitriles is 1. The van der Waals surface area contributed by atoms with Crippen molar-refractivity contribution in [2.24, 2.45) is 0 Å². The second-order valence-electron chi connectivity index (χ2n) is 6.72. The zero-order valence-corrected chi connectivity index (χ0v) is 16.4. The van der Waals surface area contributed by atoms with Crippen LogP contribution in [0.5, 0.6) is 5.88 Å². The highest BCUT2D eigenvalue weighted by molar-refractivity contribution is 5.75. The van der Waals surface area contributed by atoms with E-state index < -0.39 is 6.17 Å². The predicted octanol–water partition coefficient (Wildman–Crippen LogP) is 3.05. The summed E-state index contributed by atoms with van der Waals surface area (Å²) in [7, 11) is 1.49. The predicted molar refractivity (Wildman–Crippen MR) is 108 cm³/mol. The zero-order chi connectivity index (χ0) is 21.1. The molecule has 0 radical (unpaired) electrons. The molecule has 0 aliphatic carbocycles.